The Hall–Kier alpha value is -0.410. The number of thiazole rings is 1. The van der Waals surface area contributed by atoms with Crippen LogP contribution in [0.4, 0.5) is 0 Å². The van der Waals surface area contributed by atoms with Gasteiger partial charge in [0.25, 0.3) is 0 Å². The largest absolute Gasteiger partial charge is 0.311 e. The molecule has 0 aliphatic heterocycles. The van der Waals surface area contributed by atoms with Crippen LogP contribution in [-0.4, -0.2) is 11.5 Å². The van der Waals surface area contributed by atoms with E-state index in [1.807, 2.05) is 0 Å². The third-order valence-electron chi connectivity index (χ3n) is 2.21. The van der Waals surface area contributed by atoms with Gasteiger partial charge in [-0.2, -0.15) is 0 Å². The van der Waals surface area contributed by atoms with Crippen molar-refractivity contribution in [2.24, 2.45) is 0 Å². The number of nitrogens with zero attached hydrogens (tertiary/aromatic N) is 1. The summed E-state index contributed by atoms with van der Waals surface area (Å²) in [5, 5.41) is 6.67. The molecule has 0 aromatic carbocycles. The summed E-state index contributed by atoms with van der Waals surface area (Å²) < 4.78 is 0. The standard InChI is InChI=1S/C10H18N2S/c1-4-8(3)9-7-13-10(12-9)6-11-5-2/h7-8,11H,4-6H2,1-3H3. The quantitative estimate of drug-likeness (QED) is 0.787. The molecule has 1 rings (SSSR count). The van der Waals surface area contributed by atoms with Gasteiger partial charge in [-0.25, -0.2) is 4.98 Å². The zero-order chi connectivity index (χ0) is 9.68. The Kier molecular flexibility index (Phi) is 4.39. The average molecular weight is 198 g/mol. The van der Waals surface area contributed by atoms with Crippen LogP contribution < -0.4 is 5.32 Å². The van der Waals surface area contributed by atoms with Crippen LogP contribution in [0.2, 0.25) is 0 Å². The lowest BCUT2D eigenvalue weighted by atomic mass is 10.1. The van der Waals surface area contributed by atoms with Crippen LogP contribution in [0.25, 0.3) is 0 Å². The summed E-state index contributed by atoms with van der Waals surface area (Å²) in [4.78, 5) is 4.57. The van der Waals surface area contributed by atoms with Crippen LogP contribution in [-0.2, 0) is 6.54 Å². The molecule has 1 N–H and O–H groups in total. The molecule has 1 aromatic heterocycles. The van der Waals surface area contributed by atoms with Gasteiger partial charge < -0.3 is 5.32 Å². The van der Waals surface area contributed by atoms with Crippen molar-refractivity contribution in [3.05, 3.63) is 16.1 Å². The van der Waals surface area contributed by atoms with Crippen molar-refractivity contribution in [1.82, 2.24) is 10.3 Å². The maximum atomic E-state index is 4.57. The molecule has 1 aromatic rings. The molecule has 0 saturated carbocycles. The summed E-state index contributed by atoms with van der Waals surface area (Å²) in [6, 6.07) is 0. The minimum Gasteiger partial charge on any atom is -0.311 e. The number of nitrogens with one attached hydrogen (secondary N) is 1. The zero-order valence-electron chi connectivity index (χ0n) is 8.63. The highest BCUT2D eigenvalue weighted by atomic mass is 32.1. The van der Waals surface area contributed by atoms with E-state index in [1.54, 1.807) is 11.3 Å². The number of aromatic nitrogens is 1. The SMILES string of the molecule is CCNCc1nc(C(C)CC)cs1. The second-order valence-corrected chi connectivity index (χ2v) is 4.20. The van der Waals surface area contributed by atoms with Crippen molar-refractivity contribution in [3.8, 4) is 0 Å². The van der Waals surface area contributed by atoms with Crippen molar-refractivity contribution in [2.75, 3.05) is 6.54 Å². The molecule has 0 radical (unpaired) electrons. The van der Waals surface area contributed by atoms with Gasteiger partial charge in [0.1, 0.15) is 5.01 Å². The van der Waals surface area contributed by atoms with Crippen LogP contribution in [0.1, 0.15) is 43.8 Å². The Morgan fingerprint density at radius 3 is 2.92 bits per heavy atom. The highest BCUT2D eigenvalue weighted by molar-refractivity contribution is 7.09. The van der Waals surface area contributed by atoms with Gasteiger partial charge >= 0.3 is 0 Å². The molecule has 74 valence electrons. The predicted octanol–water partition coefficient (Wildman–Crippen LogP) is 2.77. The summed E-state index contributed by atoms with van der Waals surface area (Å²) in [7, 11) is 0. The van der Waals surface area contributed by atoms with E-state index in [9.17, 15) is 0 Å². The van der Waals surface area contributed by atoms with Gasteiger partial charge in [-0.15, -0.1) is 11.3 Å². The minimum atomic E-state index is 0.603. The third-order valence-corrected chi connectivity index (χ3v) is 3.08. The first kappa shape index (κ1) is 10.7. The molecule has 2 nitrogen and oxygen atoms in total. The zero-order valence-corrected chi connectivity index (χ0v) is 9.45. The lowest BCUT2D eigenvalue weighted by Gasteiger charge is -2.02. The van der Waals surface area contributed by atoms with E-state index in [0.717, 1.165) is 13.1 Å². The smallest absolute Gasteiger partial charge is 0.107 e. The van der Waals surface area contributed by atoms with Gasteiger partial charge in [0.05, 0.1) is 5.69 Å². The Morgan fingerprint density at radius 1 is 1.54 bits per heavy atom. The van der Waals surface area contributed by atoms with Crippen molar-refractivity contribution in [2.45, 2.75) is 39.7 Å². The Morgan fingerprint density at radius 2 is 2.31 bits per heavy atom. The molecule has 13 heavy (non-hydrogen) atoms. The van der Waals surface area contributed by atoms with Crippen LogP contribution in [0, 0.1) is 0 Å². The van der Waals surface area contributed by atoms with Gasteiger partial charge in [0, 0.05) is 11.9 Å². The van der Waals surface area contributed by atoms with Crippen LogP contribution in [0.5, 0.6) is 0 Å². The normalized spacial score (nSPS) is 13.2. The molecule has 1 atom stereocenters. The van der Waals surface area contributed by atoms with Crippen molar-refractivity contribution in [3.63, 3.8) is 0 Å². The molecule has 0 aliphatic carbocycles. The second-order valence-electron chi connectivity index (χ2n) is 3.26. The highest BCUT2D eigenvalue weighted by Crippen LogP contribution is 2.20. The van der Waals surface area contributed by atoms with Gasteiger partial charge in [-0.3, -0.25) is 0 Å². The van der Waals surface area contributed by atoms with E-state index in [1.165, 1.54) is 17.1 Å². The van der Waals surface area contributed by atoms with E-state index in [4.69, 9.17) is 0 Å². The maximum Gasteiger partial charge on any atom is 0.107 e. The summed E-state index contributed by atoms with van der Waals surface area (Å²) in [5.41, 5.74) is 1.25. The monoisotopic (exact) mass is 198 g/mol. The van der Waals surface area contributed by atoms with Crippen molar-refractivity contribution >= 4 is 11.3 Å². The topological polar surface area (TPSA) is 24.9 Å². The van der Waals surface area contributed by atoms with Gasteiger partial charge in [-0.05, 0) is 18.9 Å². The fourth-order valence-corrected chi connectivity index (χ4v) is 1.96. The first-order valence-corrected chi connectivity index (χ1v) is 5.80. The molecule has 1 unspecified atom stereocenters. The molecule has 3 heteroatoms. The summed E-state index contributed by atoms with van der Waals surface area (Å²) in [5.74, 6) is 0.603. The summed E-state index contributed by atoms with van der Waals surface area (Å²) in [6.45, 7) is 8.47. The molecule has 0 fully saturated rings. The average Bonchev–Trinajstić information content (AvgIpc) is 2.62. The van der Waals surface area contributed by atoms with Gasteiger partial charge in [0.15, 0.2) is 0 Å². The lowest BCUT2D eigenvalue weighted by Crippen LogP contribution is -2.11. The van der Waals surface area contributed by atoms with Gasteiger partial charge in [-0.1, -0.05) is 20.8 Å². The van der Waals surface area contributed by atoms with Crippen LogP contribution in [0.3, 0.4) is 0 Å². The Labute approximate surface area is 84.4 Å². The van der Waals surface area contributed by atoms with Crippen LogP contribution in [0.15, 0.2) is 5.38 Å². The summed E-state index contributed by atoms with van der Waals surface area (Å²) in [6.07, 6.45) is 1.17. The number of hydrogen-bond acceptors (Lipinski definition) is 3. The second kappa shape index (κ2) is 5.35. The van der Waals surface area contributed by atoms with Crippen molar-refractivity contribution in [1.29, 1.82) is 0 Å². The first-order valence-electron chi connectivity index (χ1n) is 4.92. The number of hydrogen-bond donors (Lipinski definition) is 1. The fraction of sp³-hybridized carbons (Fsp3) is 0.700. The molecule has 0 bridgehead atoms. The van der Waals surface area contributed by atoms with Crippen LogP contribution >= 0.6 is 11.3 Å². The molecule has 0 spiro atoms. The fourth-order valence-electron chi connectivity index (χ4n) is 1.07. The molecule has 0 amide bonds. The van der Waals surface area contributed by atoms with Crippen molar-refractivity contribution < 1.29 is 0 Å². The third kappa shape index (κ3) is 3.08. The number of rotatable bonds is 5. The van der Waals surface area contributed by atoms with E-state index in [2.05, 4.69) is 36.5 Å². The molecule has 0 aliphatic rings. The minimum absolute atomic E-state index is 0.603. The molecular formula is C10H18N2S. The van der Waals surface area contributed by atoms with E-state index in [0.29, 0.717) is 5.92 Å². The molecular weight excluding hydrogens is 180 g/mol. The first-order chi connectivity index (χ1) is 6.27. The summed E-state index contributed by atoms with van der Waals surface area (Å²) >= 11 is 1.76. The van der Waals surface area contributed by atoms with E-state index < -0.39 is 0 Å². The predicted molar refractivity (Wildman–Crippen MR) is 58.2 cm³/mol. The lowest BCUT2D eigenvalue weighted by molar-refractivity contribution is 0.690. The Bertz CT molecular complexity index is 245. The van der Waals surface area contributed by atoms with E-state index >= 15 is 0 Å². The van der Waals surface area contributed by atoms with Gasteiger partial charge in [0.2, 0.25) is 0 Å². The maximum absolute atomic E-state index is 4.57. The molecule has 0 saturated heterocycles. The highest BCUT2D eigenvalue weighted by Gasteiger charge is 2.07. The van der Waals surface area contributed by atoms with E-state index in [-0.39, 0.29) is 0 Å². The Balaban J connectivity index is 2.53. The molecule has 1 heterocycles.